The van der Waals surface area contributed by atoms with Crippen LogP contribution in [0.25, 0.3) is 0 Å². The van der Waals surface area contributed by atoms with Crippen LogP contribution in [0.3, 0.4) is 0 Å². The number of amides is 1. The first-order chi connectivity index (χ1) is 10.5. The van der Waals surface area contributed by atoms with E-state index in [1.54, 1.807) is 30.3 Å². The van der Waals surface area contributed by atoms with Gasteiger partial charge in [-0.15, -0.1) is 0 Å². The average molecular weight is 383 g/mol. The van der Waals surface area contributed by atoms with Gasteiger partial charge in [-0.1, -0.05) is 12.1 Å². The molecule has 1 aromatic carbocycles. The molecule has 0 radical (unpaired) electrons. The number of carbonyl (C=O) groups is 2. The van der Waals surface area contributed by atoms with Crippen LogP contribution in [0.1, 0.15) is 20.9 Å². The molecule has 0 aliphatic carbocycles. The first-order valence-electron chi connectivity index (χ1n) is 6.06. The number of anilines is 1. The van der Waals surface area contributed by atoms with Crippen LogP contribution in [0, 0.1) is 0 Å². The standard InChI is InChI=1S/C14H11BrN2O4S/c1-20-13(19)8-4-2-3-5-9(8)16-14(22)17-12(18)10-6-7-11(15)21-10/h2-7H,1H3,(H2,16,17,18,22). The Morgan fingerprint density at radius 2 is 1.95 bits per heavy atom. The molecule has 6 nitrogen and oxygen atoms in total. The van der Waals surface area contributed by atoms with Gasteiger partial charge in [0.05, 0.1) is 18.4 Å². The zero-order valence-electron chi connectivity index (χ0n) is 11.4. The molecule has 114 valence electrons. The first-order valence-corrected chi connectivity index (χ1v) is 7.26. The van der Waals surface area contributed by atoms with Crippen molar-refractivity contribution in [3.63, 3.8) is 0 Å². The topological polar surface area (TPSA) is 80.6 Å². The number of hydrogen-bond donors (Lipinski definition) is 2. The monoisotopic (exact) mass is 382 g/mol. The summed E-state index contributed by atoms with van der Waals surface area (Å²) in [6.45, 7) is 0. The quantitative estimate of drug-likeness (QED) is 0.627. The Kier molecular flexibility index (Phi) is 5.29. The van der Waals surface area contributed by atoms with E-state index in [2.05, 4.69) is 31.3 Å². The van der Waals surface area contributed by atoms with E-state index >= 15 is 0 Å². The van der Waals surface area contributed by atoms with Gasteiger partial charge in [-0.3, -0.25) is 10.1 Å². The van der Waals surface area contributed by atoms with E-state index in [4.69, 9.17) is 16.6 Å². The van der Waals surface area contributed by atoms with Gasteiger partial charge in [0, 0.05) is 0 Å². The number of hydrogen-bond acceptors (Lipinski definition) is 5. The van der Waals surface area contributed by atoms with Crippen molar-refractivity contribution in [2.24, 2.45) is 0 Å². The highest BCUT2D eigenvalue weighted by molar-refractivity contribution is 9.10. The fourth-order valence-electron chi connectivity index (χ4n) is 1.63. The molecule has 1 amide bonds. The summed E-state index contributed by atoms with van der Waals surface area (Å²) in [6.07, 6.45) is 0. The summed E-state index contributed by atoms with van der Waals surface area (Å²) in [4.78, 5) is 23.5. The van der Waals surface area contributed by atoms with Crippen LogP contribution < -0.4 is 10.6 Å². The molecule has 2 rings (SSSR count). The number of nitrogens with one attached hydrogen (secondary N) is 2. The highest BCUT2D eigenvalue weighted by atomic mass is 79.9. The molecule has 2 aromatic rings. The second-order valence-corrected chi connectivity index (χ2v) is 5.24. The summed E-state index contributed by atoms with van der Waals surface area (Å²) < 4.78 is 10.2. The number of rotatable bonds is 3. The van der Waals surface area contributed by atoms with E-state index in [-0.39, 0.29) is 10.9 Å². The number of furan rings is 1. The molecule has 1 heterocycles. The zero-order chi connectivity index (χ0) is 16.1. The second-order valence-electron chi connectivity index (χ2n) is 4.05. The molecule has 22 heavy (non-hydrogen) atoms. The van der Waals surface area contributed by atoms with Crippen LogP contribution >= 0.6 is 28.1 Å². The molecule has 0 fully saturated rings. The van der Waals surface area contributed by atoms with Gasteiger partial charge in [0.15, 0.2) is 15.5 Å². The van der Waals surface area contributed by atoms with Crippen LogP contribution in [0.5, 0.6) is 0 Å². The lowest BCUT2D eigenvalue weighted by molar-refractivity contribution is 0.0602. The highest BCUT2D eigenvalue weighted by Crippen LogP contribution is 2.16. The number of para-hydroxylation sites is 1. The zero-order valence-corrected chi connectivity index (χ0v) is 13.8. The fourth-order valence-corrected chi connectivity index (χ4v) is 2.14. The van der Waals surface area contributed by atoms with Gasteiger partial charge in [-0.05, 0) is 52.4 Å². The lowest BCUT2D eigenvalue weighted by Crippen LogP contribution is -2.34. The first kappa shape index (κ1) is 16.2. The summed E-state index contributed by atoms with van der Waals surface area (Å²) in [5.74, 6) is -0.900. The molecular formula is C14H11BrN2O4S. The van der Waals surface area contributed by atoms with E-state index in [9.17, 15) is 9.59 Å². The van der Waals surface area contributed by atoms with E-state index < -0.39 is 11.9 Å². The van der Waals surface area contributed by atoms with Crippen molar-refractivity contribution >= 4 is 50.8 Å². The van der Waals surface area contributed by atoms with Crippen LogP contribution in [0.4, 0.5) is 5.69 Å². The molecule has 1 aromatic heterocycles. The van der Waals surface area contributed by atoms with Crippen LogP contribution in [0.15, 0.2) is 45.5 Å². The number of benzene rings is 1. The van der Waals surface area contributed by atoms with Crippen LogP contribution in [0.2, 0.25) is 0 Å². The summed E-state index contributed by atoms with van der Waals surface area (Å²) >= 11 is 8.16. The van der Waals surface area contributed by atoms with Gasteiger partial charge in [0.25, 0.3) is 5.91 Å². The van der Waals surface area contributed by atoms with E-state index in [0.29, 0.717) is 15.9 Å². The van der Waals surface area contributed by atoms with Crippen molar-refractivity contribution in [3.8, 4) is 0 Å². The smallest absolute Gasteiger partial charge is 0.339 e. The van der Waals surface area contributed by atoms with Crippen molar-refractivity contribution < 1.29 is 18.7 Å². The third-order valence-corrected chi connectivity index (χ3v) is 3.23. The molecule has 0 unspecified atom stereocenters. The largest absolute Gasteiger partial charge is 0.465 e. The van der Waals surface area contributed by atoms with Crippen molar-refractivity contribution in [2.45, 2.75) is 0 Å². The molecule has 2 N–H and O–H groups in total. The molecule has 8 heteroatoms. The summed E-state index contributed by atoms with van der Waals surface area (Å²) in [7, 11) is 1.29. The molecule has 0 atom stereocenters. The Morgan fingerprint density at radius 1 is 1.23 bits per heavy atom. The number of ether oxygens (including phenoxy) is 1. The molecule has 0 saturated carbocycles. The van der Waals surface area contributed by atoms with Gasteiger partial charge in [-0.2, -0.15) is 0 Å². The van der Waals surface area contributed by atoms with Gasteiger partial charge >= 0.3 is 5.97 Å². The normalized spacial score (nSPS) is 9.91. The maximum atomic E-state index is 11.9. The van der Waals surface area contributed by atoms with Crippen LogP contribution in [-0.4, -0.2) is 24.1 Å². The van der Waals surface area contributed by atoms with Crippen molar-refractivity contribution in [3.05, 3.63) is 52.4 Å². The molecule has 0 aliphatic heterocycles. The van der Waals surface area contributed by atoms with Gasteiger partial charge < -0.3 is 14.5 Å². The number of carbonyl (C=O) groups excluding carboxylic acids is 2. The lowest BCUT2D eigenvalue weighted by atomic mass is 10.2. The fraction of sp³-hybridized carbons (Fsp3) is 0.0714. The second kappa shape index (κ2) is 7.19. The highest BCUT2D eigenvalue weighted by Gasteiger charge is 2.15. The summed E-state index contributed by atoms with van der Waals surface area (Å²) in [5, 5.41) is 5.27. The molecule has 0 saturated heterocycles. The predicted octanol–water partition coefficient (Wildman–Crippen LogP) is 2.96. The molecule has 0 aliphatic rings. The van der Waals surface area contributed by atoms with E-state index in [0.717, 1.165) is 0 Å². The average Bonchev–Trinajstić information content (AvgIpc) is 2.93. The number of methoxy groups -OCH3 is 1. The maximum absolute atomic E-state index is 11.9. The Morgan fingerprint density at radius 3 is 2.59 bits per heavy atom. The predicted molar refractivity (Wildman–Crippen MR) is 87.9 cm³/mol. The SMILES string of the molecule is COC(=O)c1ccccc1NC(=S)NC(=O)c1ccc(Br)o1. The van der Waals surface area contributed by atoms with Crippen molar-refractivity contribution in [1.82, 2.24) is 5.32 Å². The van der Waals surface area contributed by atoms with E-state index in [1.165, 1.54) is 13.2 Å². The molecular weight excluding hydrogens is 372 g/mol. The Labute approximate surface area is 140 Å². The third-order valence-electron chi connectivity index (χ3n) is 2.60. The van der Waals surface area contributed by atoms with E-state index in [1.807, 2.05) is 0 Å². The minimum Gasteiger partial charge on any atom is -0.465 e. The summed E-state index contributed by atoms with van der Waals surface area (Å²) in [5.41, 5.74) is 0.739. The van der Waals surface area contributed by atoms with Crippen LogP contribution in [-0.2, 0) is 4.74 Å². The Hall–Kier alpha value is -2.19. The van der Waals surface area contributed by atoms with Gasteiger partial charge in [0.2, 0.25) is 0 Å². The minimum atomic E-state index is -0.507. The Bertz CT molecular complexity index is 729. The number of thiocarbonyl (C=S) groups is 1. The Balaban J connectivity index is 2.06. The lowest BCUT2D eigenvalue weighted by Gasteiger charge is -2.11. The third kappa shape index (κ3) is 3.92. The molecule has 0 spiro atoms. The molecule has 0 bridgehead atoms. The number of halogens is 1. The van der Waals surface area contributed by atoms with Gasteiger partial charge in [-0.25, -0.2) is 4.79 Å². The summed E-state index contributed by atoms with van der Waals surface area (Å²) in [6, 6.07) is 9.75. The number of esters is 1. The van der Waals surface area contributed by atoms with Crippen molar-refractivity contribution in [2.75, 3.05) is 12.4 Å². The van der Waals surface area contributed by atoms with Gasteiger partial charge in [0.1, 0.15) is 0 Å². The maximum Gasteiger partial charge on any atom is 0.339 e. The minimum absolute atomic E-state index is 0.0360. The van der Waals surface area contributed by atoms with Crippen molar-refractivity contribution in [1.29, 1.82) is 0 Å².